The van der Waals surface area contributed by atoms with Crippen molar-refractivity contribution in [3.05, 3.63) is 101 Å². The summed E-state index contributed by atoms with van der Waals surface area (Å²) in [6, 6.07) is 23.4. The minimum Gasteiger partial charge on any atom is -0.361 e. The molecule has 2 unspecified atom stereocenters. The molecule has 174 valence electrons. The van der Waals surface area contributed by atoms with E-state index in [0.717, 1.165) is 22.0 Å². The second-order valence-electron chi connectivity index (χ2n) is 9.32. The number of aromatic nitrogens is 1. The summed E-state index contributed by atoms with van der Waals surface area (Å²) in [5, 5.41) is 13.1. The Morgan fingerprint density at radius 1 is 1.03 bits per heavy atom. The maximum Gasteiger partial charge on any atom is 0.255 e. The number of benzene rings is 3. The van der Waals surface area contributed by atoms with E-state index in [4.69, 9.17) is 5.26 Å². The molecule has 2 heterocycles. The van der Waals surface area contributed by atoms with Gasteiger partial charge in [-0.2, -0.15) is 5.26 Å². The summed E-state index contributed by atoms with van der Waals surface area (Å²) in [5.74, 6) is -0.197. The fraction of sp³-hybridized carbons (Fsp3) is 0.207. The molecule has 2 atom stereocenters. The van der Waals surface area contributed by atoms with E-state index in [1.807, 2.05) is 54.7 Å². The third-order valence-electron chi connectivity index (χ3n) is 6.53. The summed E-state index contributed by atoms with van der Waals surface area (Å²) in [6.45, 7) is 4.10. The number of carbonyl (C=O) groups excluding carboxylic acids is 2. The predicted octanol–water partition coefficient (Wildman–Crippen LogP) is 5.64. The lowest BCUT2D eigenvalue weighted by Gasteiger charge is -2.34. The normalized spacial score (nSPS) is 15.8. The van der Waals surface area contributed by atoms with E-state index in [9.17, 15) is 9.59 Å². The second-order valence-corrected chi connectivity index (χ2v) is 9.32. The molecule has 3 aromatic carbocycles. The zero-order valence-electron chi connectivity index (χ0n) is 19.7. The van der Waals surface area contributed by atoms with Crippen molar-refractivity contribution in [2.75, 3.05) is 5.32 Å². The van der Waals surface area contributed by atoms with E-state index in [2.05, 4.69) is 30.2 Å². The maximum absolute atomic E-state index is 13.8. The van der Waals surface area contributed by atoms with Crippen molar-refractivity contribution in [1.82, 2.24) is 9.88 Å². The summed E-state index contributed by atoms with van der Waals surface area (Å²) in [5.41, 5.74) is 4.60. The van der Waals surface area contributed by atoms with Crippen LogP contribution in [0.25, 0.3) is 10.9 Å². The number of aromatic amines is 1. The van der Waals surface area contributed by atoms with Gasteiger partial charge in [0.15, 0.2) is 0 Å². The van der Waals surface area contributed by atoms with Crippen molar-refractivity contribution >= 4 is 28.4 Å². The van der Waals surface area contributed by atoms with Crippen molar-refractivity contribution in [2.45, 2.75) is 32.4 Å². The maximum atomic E-state index is 13.8. The molecule has 1 aliphatic heterocycles. The molecule has 4 aromatic rings. The Balaban J connectivity index is 1.58. The van der Waals surface area contributed by atoms with Crippen LogP contribution in [0.15, 0.2) is 79.0 Å². The van der Waals surface area contributed by atoms with Crippen LogP contribution in [0.4, 0.5) is 5.69 Å². The third-order valence-corrected chi connectivity index (χ3v) is 6.53. The highest BCUT2D eigenvalue weighted by Gasteiger charge is 2.44. The van der Waals surface area contributed by atoms with Crippen LogP contribution in [0, 0.1) is 17.2 Å². The number of nitriles is 1. The SMILES string of the molecule is CC(C)CC(C(=O)Nc1ccc(C#N)cc1)N1C(=O)c2ccccc2C1c1c[nH]c2ccccc12. The van der Waals surface area contributed by atoms with Crippen LogP contribution in [-0.2, 0) is 4.79 Å². The first-order chi connectivity index (χ1) is 17.0. The molecule has 0 saturated carbocycles. The Morgan fingerprint density at radius 3 is 2.49 bits per heavy atom. The van der Waals surface area contributed by atoms with Gasteiger partial charge in [-0.05, 0) is 54.3 Å². The number of rotatable bonds is 6. The van der Waals surface area contributed by atoms with Crippen LogP contribution in [0.1, 0.15) is 53.4 Å². The van der Waals surface area contributed by atoms with Crippen LogP contribution in [-0.4, -0.2) is 27.7 Å². The average molecular weight is 463 g/mol. The molecule has 6 heteroatoms. The Labute approximate surface area is 204 Å². The zero-order chi connectivity index (χ0) is 24.5. The van der Waals surface area contributed by atoms with Gasteiger partial charge < -0.3 is 15.2 Å². The smallest absolute Gasteiger partial charge is 0.255 e. The van der Waals surface area contributed by atoms with Gasteiger partial charge in [0.25, 0.3) is 5.91 Å². The quantitative estimate of drug-likeness (QED) is 0.389. The molecule has 6 nitrogen and oxygen atoms in total. The predicted molar refractivity (Wildman–Crippen MR) is 136 cm³/mol. The van der Waals surface area contributed by atoms with Gasteiger partial charge in [0, 0.05) is 33.9 Å². The Morgan fingerprint density at radius 2 is 1.74 bits per heavy atom. The molecule has 2 N–H and O–H groups in total. The number of anilines is 1. The lowest BCUT2D eigenvalue weighted by molar-refractivity contribution is -0.121. The van der Waals surface area contributed by atoms with E-state index in [0.29, 0.717) is 23.2 Å². The minimum atomic E-state index is -0.677. The number of hydrogen-bond acceptors (Lipinski definition) is 3. The van der Waals surface area contributed by atoms with Gasteiger partial charge in [-0.15, -0.1) is 0 Å². The van der Waals surface area contributed by atoms with Crippen LogP contribution >= 0.6 is 0 Å². The summed E-state index contributed by atoms with van der Waals surface area (Å²) >= 11 is 0. The largest absolute Gasteiger partial charge is 0.361 e. The number of hydrogen-bond donors (Lipinski definition) is 2. The Hall–Kier alpha value is -4.37. The summed E-state index contributed by atoms with van der Waals surface area (Å²) in [4.78, 5) is 32.6. The molecule has 35 heavy (non-hydrogen) atoms. The fourth-order valence-electron chi connectivity index (χ4n) is 4.94. The standard InChI is InChI=1S/C29H26N4O2/c1-18(2)15-26(28(34)32-20-13-11-19(16-30)12-14-20)33-27(22-8-3-4-9-23(22)29(33)35)24-17-31-25-10-6-5-7-21(24)25/h3-14,17-18,26-27,31H,15H2,1-2H3,(H,32,34). The Kier molecular flexibility index (Phi) is 5.84. The number of para-hydroxylation sites is 1. The molecule has 0 spiro atoms. The number of amides is 2. The van der Waals surface area contributed by atoms with Gasteiger partial charge in [0.05, 0.1) is 17.7 Å². The molecule has 2 amide bonds. The molecule has 0 aliphatic carbocycles. The van der Waals surface area contributed by atoms with Gasteiger partial charge in [-0.1, -0.05) is 50.2 Å². The van der Waals surface area contributed by atoms with Crippen molar-refractivity contribution in [2.24, 2.45) is 5.92 Å². The fourth-order valence-corrected chi connectivity index (χ4v) is 4.94. The second kappa shape index (κ2) is 9.11. The van der Waals surface area contributed by atoms with Crippen LogP contribution < -0.4 is 5.32 Å². The van der Waals surface area contributed by atoms with E-state index in [1.165, 1.54) is 0 Å². The highest BCUT2D eigenvalue weighted by atomic mass is 16.2. The number of H-pyrrole nitrogens is 1. The molecular weight excluding hydrogens is 436 g/mol. The Bertz CT molecular complexity index is 1450. The van der Waals surface area contributed by atoms with E-state index in [1.54, 1.807) is 29.2 Å². The van der Waals surface area contributed by atoms with Crippen LogP contribution in [0.3, 0.4) is 0 Å². The van der Waals surface area contributed by atoms with Gasteiger partial charge in [-0.3, -0.25) is 9.59 Å². The lowest BCUT2D eigenvalue weighted by atomic mass is 9.95. The molecule has 5 rings (SSSR count). The number of nitrogens with zero attached hydrogens (tertiary/aromatic N) is 2. The van der Waals surface area contributed by atoms with Crippen LogP contribution in [0.5, 0.6) is 0 Å². The minimum absolute atomic E-state index is 0.142. The summed E-state index contributed by atoms with van der Waals surface area (Å²) in [6.07, 6.45) is 2.46. The number of carbonyl (C=O) groups is 2. The van der Waals surface area contributed by atoms with Crippen LogP contribution in [0.2, 0.25) is 0 Å². The third kappa shape index (κ3) is 4.06. The van der Waals surface area contributed by atoms with Gasteiger partial charge >= 0.3 is 0 Å². The summed E-state index contributed by atoms with van der Waals surface area (Å²) < 4.78 is 0. The van der Waals surface area contributed by atoms with E-state index in [-0.39, 0.29) is 23.8 Å². The van der Waals surface area contributed by atoms with Gasteiger partial charge in [0.2, 0.25) is 5.91 Å². The molecule has 0 bridgehead atoms. The van der Waals surface area contributed by atoms with Crippen molar-refractivity contribution in [3.8, 4) is 6.07 Å². The first kappa shape index (κ1) is 22.4. The number of fused-ring (bicyclic) bond motifs is 2. The molecule has 1 aromatic heterocycles. The van der Waals surface area contributed by atoms with Crippen molar-refractivity contribution in [3.63, 3.8) is 0 Å². The molecule has 0 radical (unpaired) electrons. The highest BCUT2D eigenvalue weighted by Crippen LogP contribution is 2.43. The van der Waals surface area contributed by atoms with Crippen molar-refractivity contribution in [1.29, 1.82) is 5.26 Å². The lowest BCUT2D eigenvalue weighted by Crippen LogP contribution is -2.47. The molecular formula is C29H26N4O2. The molecule has 1 aliphatic rings. The zero-order valence-corrected chi connectivity index (χ0v) is 19.7. The first-order valence-corrected chi connectivity index (χ1v) is 11.8. The molecule has 0 saturated heterocycles. The summed E-state index contributed by atoms with van der Waals surface area (Å²) in [7, 11) is 0. The van der Waals surface area contributed by atoms with Gasteiger partial charge in [0.1, 0.15) is 6.04 Å². The van der Waals surface area contributed by atoms with Gasteiger partial charge in [-0.25, -0.2) is 0 Å². The first-order valence-electron chi connectivity index (χ1n) is 11.8. The topological polar surface area (TPSA) is 89.0 Å². The van der Waals surface area contributed by atoms with E-state index < -0.39 is 6.04 Å². The molecule has 0 fully saturated rings. The number of nitrogens with one attached hydrogen (secondary N) is 2. The highest BCUT2D eigenvalue weighted by molar-refractivity contribution is 6.05. The monoisotopic (exact) mass is 462 g/mol. The van der Waals surface area contributed by atoms with E-state index >= 15 is 0 Å². The van der Waals surface area contributed by atoms with Crippen molar-refractivity contribution < 1.29 is 9.59 Å². The average Bonchev–Trinajstić information content (AvgIpc) is 3.41.